The van der Waals surface area contributed by atoms with E-state index in [0.717, 1.165) is 62.7 Å². The van der Waals surface area contributed by atoms with Gasteiger partial charge in [0.1, 0.15) is 0 Å². The minimum absolute atomic E-state index is 0.642. The molecule has 1 aromatic heterocycles. The van der Waals surface area contributed by atoms with Crippen LogP contribution in [0.3, 0.4) is 0 Å². The van der Waals surface area contributed by atoms with E-state index in [4.69, 9.17) is 9.47 Å². The van der Waals surface area contributed by atoms with Crippen molar-refractivity contribution in [3.05, 3.63) is 0 Å². The van der Waals surface area contributed by atoms with Gasteiger partial charge >= 0.3 is 0 Å². The van der Waals surface area contributed by atoms with Crippen LogP contribution in [0.2, 0.25) is 0 Å². The third-order valence-corrected chi connectivity index (χ3v) is 3.89. The van der Waals surface area contributed by atoms with Gasteiger partial charge in [-0.05, 0) is 13.3 Å². The molecule has 2 heterocycles. The first-order chi connectivity index (χ1) is 10.3. The number of aromatic nitrogens is 3. The van der Waals surface area contributed by atoms with Crippen molar-refractivity contribution in [3.63, 3.8) is 0 Å². The van der Waals surface area contributed by atoms with E-state index in [-0.39, 0.29) is 0 Å². The standard InChI is InChI=1S/C13H23N5O2S/c1-3-14-11-15-12(18-5-8-20-9-6-18)17-13(16-11)21-10-4-7-19-2/h3-10H2,1-2H3,(H,14,15,16,17). The fourth-order valence-corrected chi connectivity index (χ4v) is 2.66. The van der Waals surface area contributed by atoms with E-state index in [0.29, 0.717) is 5.95 Å². The lowest BCUT2D eigenvalue weighted by Crippen LogP contribution is -2.37. The zero-order valence-corrected chi connectivity index (χ0v) is 13.5. The summed E-state index contributed by atoms with van der Waals surface area (Å²) >= 11 is 1.64. The van der Waals surface area contributed by atoms with Gasteiger partial charge in [0, 0.05) is 39.1 Å². The zero-order valence-electron chi connectivity index (χ0n) is 12.7. The lowest BCUT2D eigenvalue weighted by atomic mass is 10.4. The Kier molecular flexibility index (Phi) is 6.98. The number of thioether (sulfide) groups is 1. The number of ether oxygens (including phenoxy) is 2. The van der Waals surface area contributed by atoms with Crippen LogP contribution in [0.4, 0.5) is 11.9 Å². The molecule has 0 aliphatic carbocycles. The van der Waals surface area contributed by atoms with Crippen LogP contribution in [0.15, 0.2) is 5.16 Å². The molecule has 1 N–H and O–H groups in total. The second-order valence-electron chi connectivity index (χ2n) is 4.57. The lowest BCUT2D eigenvalue weighted by Gasteiger charge is -2.27. The molecule has 0 radical (unpaired) electrons. The Labute approximate surface area is 129 Å². The number of morpholine rings is 1. The van der Waals surface area contributed by atoms with Crippen LogP contribution in [0.5, 0.6) is 0 Å². The summed E-state index contributed by atoms with van der Waals surface area (Å²) in [5, 5.41) is 3.93. The summed E-state index contributed by atoms with van der Waals surface area (Å²) < 4.78 is 10.4. The molecule has 0 bridgehead atoms. The average molecular weight is 313 g/mol. The highest BCUT2D eigenvalue weighted by molar-refractivity contribution is 7.99. The summed E-state index contributed by atoms with van der Waals surface area (Å²) in [4.78, 5) is 15.6. The monoisotopic (exact) mass is 313 g/mol. The Morgan fingerprint density at radius 3 is 2.81 bits per heavy atom. The van der Waals surface area contributed by atoms with Crippen LogP contribution in [0.25, 0.3) is 0 Å². The van der Waals surface area contributed by atoms with Crippen LogP contribution >= 0.6 is 11.8 Å². The van der Waals surface area contributed by atoms with Crippen LogP contribution in [-0.2, 0) is 9.47 Å². The average Bonchev–Trinajstić information content (AvgIpc) is 2.53. The van der Waals surface area contributed by atoms with Crippen LogP contribution in [-0.4, -0.2) is 67.3 Å². The maximum atomic E-state index is 5.37. The SMILES string of the molecule is CCNc1nc(SCCCOC)nc(N2CCOCC2)n1. The van der Waals surface area contributed by atoms with Gasteiger partial charge in [-0.25, -0.2) is 0 Å². The van der Waals surface area contributed by atoms with Crippen LogP contribution in [0, 0.1) is 0 Å². The molecule has 0 spiro atoms. The summed E-state index contributed by atoms with van der Waals surface area (Å²) in [5.41, 5.74) is 0. The highest BCUT2D eigenvalue weighted by Gasteiger charge is 2.16. The molecule has 1 aliphatic heterocycles. The van der Waals surface area contributed by atoms with Crippen molar-refractivity contribution in [2.24, 2.45) is 0 Å². The molecule has 0 saturated carbocycles. The highest BCUT2D eigenvalue weighted by Crippen LogP contribution is 2.20. The van der Waals surface area contributed by atoms with Crippen LogP contribution in [0.1, 0.15) is 13.3 Å². The van der Waals surface area contributed by atoms with Crippen molar-refractivity contribution in [1.82, 2.24) is 15.0 Å². The first-order valence-electron chi connectivity index (χ1n) is 7.28. The van der Waals surface area contributed by atoms with Gasteiger partial charge in [-0.2, -0.15) is 15.0 Å². The fraction of sp³-hybridized carbons (Fsp3) is 0.769. The number of rotatable bonds is 8. The molecule has 118 valence electrons. The van der Waals surface area contributed by atoms with Gasteiger partial charge < -0.3 is 19.7 Å². The van der Waals surface area contributed by atoms with Gasteiger partial charge in [0.05, 0.1) is 13.2 Å². The Bertz CT molecular complexity index is 429. The molecule has 1 saturated heterocycles. The first kappa shape index (κ1) is 16.3. The molecule has 1 aliphatic rings. The van der Waals surface area contributed by atoms with Crippen molar-refractivity contribution < 1.29 is 9.47 Å². The third kappa shape index (κ3) is 5.29. The zero-order chi connectivity index (χ0) is 14.9. The van der Waals surface area contributed by atoms with E-state index in [1.165, 1.54) is 0 Å². The lowest BCUT2D eigenvalue weighted by molar-refractivity contribution is 0.122. The van der Waals surface area contributed by atoms with Crippen molar-refractivity contribution in [3.8, 4) is 0 Å². The smallest absolute Gasteiger partial charge is 0.231 e. The van der Waals surface area contributed by atoms with Gasteiger partial charge in [0.2, 0.25) is 11.9 Å². The molecule has 2 rings (SSSR count). The molecule has 8 heteroatoms. The van der Waals surface area contributed by atoms with E-state index in [2.05, 4.69) is 25.2 Å². The quantitative estimate of drug-likeness (QED) is 0.568. The second-order valence-corrected chi connectivity index (χ2v) is 5.63. The van der Waals surface area contributed by atoms with Gasteiger partial charge in [-0.3, -0.25) is 0 Å². The molecular formula is C13H23N5O2S. The molecular weight excluding hydrogens is 290 g/mol. The molecule has 0 unspecified atom stereocenters. The second kappa shape index (κ2) is 9.01. The number of methoxy groups -OCH3 is 1. The molecule has 7 nitrogen and oxygen atoms in total. The number of nitrogens with zero attached hydrogens (tertiary/aromatic N) is 4. The minimum Gasteiger partial charge on any atom is -0.385 e. The first-order valence-corrected chi connectivity index (χ1v) is 8.26. The van der Waals surface area contributed by atoms with Crippen LogP contribution < -0.4 is 10.2 Å². The van der Waals surface area contributed by atoms with Gasteiger partial charge in [0.15, 0.2) is 5.16 Å². The molecule has 0 atom stereocenters. The molecule has 1 fully saturated rings. The number of hydrogen-bond acceptors (Lipinski definition) is 8. The molecule has 1 aromatic rings. The summed E-state index contributed by atoms with van der Waals surface area (Å²) in [6.45, 7) is 6.67. The fourth-order valence-electron chi connectivity index (χ4n) is 1.92. The Hall–Kier alpha value is -1.12. The van der Waals surface area contributed by atoms with Crippen molar-refractivity contribution in [1.29, 1.82) is 0 Å². The third-order valence-electron chi connectivity index (χ3n) is 2.96. The topological polar surface area (TPSA) is 72.4 Å². The Morgan fingerprint density at radius 2 is 2.10 bits per heavy atom. The normalized spacial score (nSPS) is 15.2. The van der Waals surface area contributed by atoms with E-state index in [1.54, 1.807) is 18.9 Å². The van der Waals surface area contributed by atoms with Crippen molar-refractivity contribution in [2.75, 3.05) is 62.5 Å². The van der Waals surface area contributed by atoms with E-state index in [1.807, 2.05) is 6.92 Å². The largest absolute Gasteiger partial charge is 0.385 e. The Morgan fingerprint density at radius 1 is 1.29 bits per heavy atom. The Balaban J connectivity index is 2.05. The number of hydrogen-bond donors (Lipinski definition) is 1. The minimum atomic E-state index is 0.642. The number of nitrogens with one attached hydrogen (secondary N) is 1. The predicted molar refractivity (Wildman–Crippen MR) is 84.2 cm³/mol. The van der Waals surface area contributed by atoms with E-state index >= 15 is 0 Å². The molecule has 0 amide bonds. The molecule has 0 aromatic carbocycles. The highest BCUT2D eigenvalue weighted by atomic mass is 32.2. The molecule has 21 heavy (non-hydrogen) atoms. The van der Waals surface area contributed by atoms with E-state index in [9.17, 15) is 0 Å². The summed E-state index contributed by atoms with van der Waals surface area (Å²) in [5.74, 6) is 2.31. The van der Waals surface area contributed by atoms with Gasteiger partial charge in [-0.15, -0.1) is 0 Å². The summed E-state index contributed by atoms with van der Waals surface area (Å²) in [6.07, 6.45) is 0.982. The van der Waals surface area contributed by atoms with Gasteiger partial charge in [-0.1, -0.05) is 11.8 Å². The number of anilines is 2. The van der Waals surface area contributed by atoms with Crippen molar-refractivity contribution in [2.45, 2.75) is 18.5 Å². The van der Waals surface area contributed by atoms with Crippen molar-refractivity contribution >= 4 is 23.7 Å². The maximum Gasteiger partial charge on any atom is 0.231 e. The predicted octanol–water partition coefficient (Wildman–Crippen LogP) is 1.27. The van der Waals surface area contributed by atoms with Gasteiger partial charge in [0.25, 0.3) is 0 Å². The summed E-state index contributed by atoms with van der Waals surface area (Å²) in [7, 11) is 1.72. The maximum absolute atomic E-state index is 5.37. The van der Waals surface area contributed by atoms with E-state index < -0.39 is 0 Å². The summed E-state index contributed by atoms with van der Waals surface area (Å²) in [6, 6.07) is 0.